The molecule has 2 aromatic heterocycles. The Balaban J connectivity index is 1.76. The van der Waals surface area contributed by atoms with Crippen molar-refractivity contribution in [3.8, 4) is 0 Å². The second-order valence-corrected chi connectivity index (χ2v) is 7.51. The molecule has 0 aliphatic heterocycles. The highest BCUT2D eigenvalue weighted by Gasteiger charge is 2.20. The van der Waals surface area contributed by atoms with Gasteiger partial charge in [-0.05, 0) is 37.3 Å². The average Bonchev–Trinajstić information content (AvgIpc) is 3.08. The number of hydrogen-bond donors (Lipinski definition) is 0. The number of thiophene rings is 2. The minimum atomic E-state index is -0.682. The summed E-state index contributed by atoms with van der Waals surface area (Å²) in [5.41, 5.74) is 0. The standard InChI is InChI=1S/C16H10ClFO3S2/c1-8-2-5-12(22-8)11(19)7-21-16(20)15-14(17)10-4-3-9(18)6-13(10)23-15/h2-6H,7H2,1H3. The zero-order chi connectivity index (χ0) is 16.6. The van der Waals surface area contributed by atoms with Crippen LogP contribution in [0.5, 0.6) is 0 Å². The Morgan fingerprint density at radius 1 is 1.22 bits per heavy atom. The number of rotatable bonds is 4. The third-order valence-corrected chi connectivity index (χ3v) is 5.81. The van der Waals surface area contributed by atoms with Gasteiger partial charge in [-0.3, -0.25) is 4.79 Å². The van der Waals surface area contributed by atoms with Crippen LogP contribution < -0.4 is 0 Å². The largest absolute Gasteiger partial charge is 0.453 e. The second-order valence-electron chi connectivity index (χ2n) is 4.80. The maximum atomic E-state index is 13.2. The van der Waals surface area contributed by atoms with E-state index < -0.39 is 11.8 Å². The molecule has 0 atom stereocenters. The smallest absolute Gasteiger partial charge is 0.350 e. The van der Waals surface area contributed by atoms with Crippen LogP contribution in [0.3, 0.4) is 0 Å². The number of fused-ring (bicyclic) bond motifs is 1. The Labute approximate surface area is 144 Å². The number of carbonyl (C=O) groups excluding carboxylic acids is 2. The third kappa shape index (κ3) is 3.29. The molecule has 0 radical (unpaired) electrons. The lowest BCUT2D eigenvalue weighted by Gasteiger charge is -2.01. The fourth-order valence-corrected chi connectivity index (χ4v) is 4.24. The van der Waals surface area contributed by atoms with Gasteiger partial charge in [0.1, 0.15) is 10.7 Å². The Hall–Kier alpha value is -1.76. The summed E-state index contributed by atoms with van der Waals surface area (Å²) in [6.07, 6.45) is 0. The van der Waals surface area contributed by atoms with Gasteiger partial charge < -0.3 is 4.74 Å². The third-order valence-electron chi connectivity index (χ3n) is 3.13. The molecule has 0 unspecified atom stereocenters. The number of carbonyl (C=O) groups is 2. The first kappa shape index (κ1) is 16.1. The summed E-state index contributed by atoms with van der Waals surface area (Å²) in [4.78, 5) is 25.8. The van der Waals surface area contributed by atoms with Crippen molar-refractivity contribution in [3.63, 3.8) is 0 Å². The first-order valence-electron chi connectivity index (χ1n) is 6.60. The molecule has 0 aliphatic rings. The average molecular weight is 369 g/mol. The van der Waals surface area contributed by atoms with Crippen molar-refractivity contribution in [2.24, 2.45) is 0 Å². The molecule has 0 saturated carbocycles. The molecule has 2 heterocycles. The molecule has 0 fully saturated rings. The van der Waals surface area contributed by atoms with Gasteiger partial charge in [-0.1, -0.05) is 11.6 Å². The maximum Gasteiger partial charge on any atom is 0.350 e. The van der Waals surface area contributed by atoms with Gasteiger partial charge in [0.05, 0.1) is 9.90 Å². The molecule has 0 amide bonds. The van der Waals surface area contributed by atoms with Crippen LogP contribution in [0, 0.1) is 12.7 Å². The fraction of sp³-hybridized carbons (Fsp3) is 0.125. The van der Waals surface area contributed by atoms with Gasteiger partial charge in [-0.2, -0.15) is 0 Å². The number of aryl methyl sites for hydroxylation is 1. The van der Waals surface area contributed by atoms with Crippen LogP contribution in [-0.2, 0) is 4.74 Å². The lowest BCUT2D eigenvalue weighted by Crippen LogP contribution is -2.12. The van der Waals surface area contributed by atoms with Crippen LogP contribution in [0.2, 0.25) is 5.02 Å². The normalized spacial score (nSPS) is 10.9. The van der Waals surface area contributed by atoms with Gasteiger partial charge in [0, 0.05) is 15.0 Å². The minimum Gasteiger partial charge on any atom is -0.453 e. The molecule has 0 saturated heterocycles. The van der Waals surface area contributed by atoms with E-state index in [4.69, 9.17) is 16.3 Å². The summed E-state index contributed by atoms with van der Waals surface area (Å²) in [6.45, 7) is 1.54. The first-order valence-corrected chi connectivity index (χ1v) is 8.61. The fourth-order valence-electron chi connectivity index (χ4n) is 2.02. The predicted molar refractivity (Wildman–Crippen MR) is 90.5 cm³/mol. The summed E-state index contributed by atoms with van der Waals surface area (Å²) in [7, 11) is 0. The zero-order valence-corrected chi connectivity index (χ0v) is 14.3. The Bertz CT molecular complexity index is 913. The van der Waals surface area contributed by atoms with Crippen LogP contribution in [0.25, 0.3) is 10.1 Å². The number of halogens is 2. The molecule has 3 nitrogen and oxygen atoms in total. The molecule has 118 valence electrons. The maximum absolute atomic E-state index is 13.2. The molecular formula is C16H10ClFO3S2. The molecule has 3 rings (SSSR count). The molecule has 0 bridgehead atoms. The molecule has 1 aromatic carbocycles. The summed E-state index contributed by atoms with van der Waals surface area (Å²) in [6, 6.07) is 7.63. The zero-order valence-electron chi connectivity index (χ0n) is 11.9. The van der Waals surface area contributed by atoms with Crippen molar-refractivity contribution in [2.75, 3.05) is 6.61 Å². The number of hydrogen-bond acceptors (Lipinski definition) is 5. The number of Topliss-reactive ketones (excluding diaryl/α,β-unsaturated/α-hetero) is 1. The van der Waals surface area contributed by atoms with E-state index in [1.54, 1.807) is 6.07 Å². The summed E-state index contributed by atoms with van der Waals surface area (Å²) < 4.78 is 18.8. The van der Waals surface area contributed by atoms with E-state index >= 15 is 0 Å². The van der Waals surface area contributed by atoms with E-state index in [0.717, 1.165) is 16.2 Å². The quantitative estimate of drug-likeness (QED) is 0.475. The highest BCUT2D eigenvalue weighted by Crippen LogP contribution is 2.36. The lowest BCUT2D eigenvalue weighted by atomic mass is 10.2. The Kier molecular flexibility index (Phi) is 4.48. The van der Waals surface area contributed by atoms with Crippen LogP contribution in [-0.4, -0.2) is 18.4 Å². The summed E-state index contributed by atoms with van der Waals surface area (Å²) in [5, 5.41) is 0.805. The number of ether oxygens (including phenoxy) is 1. The van der Waals surface area contributed by atoms with E-state index in [0.29, 0.717) is 15.0 Å². The SMILES string of the molecule is Cc1ccc(C(=O)COC(=O)c2sc3cc(F)ccc3c2Cl)s1. The summed E-state index contributed by atoms with van der Waals surface area (Å²) in [5.74, 6) is -1.35. The second kappa shape index (κ2) is 6.39. The van der Waals surface area contributed by atoms with Crippen molar-refractivity contribution in [3.05, 3.63) is 55.8 Å². The van der Waals surface area contributed by atoms with Crippen molar-refractivity contribution in [1.82, 2.24) is 0 Å². The number of benzene rings is 1. The molecule has 3 aromatic rings. The van der Waals surface area contributed by atoms with Crippen molar-refractivity contribution >= 4 is 56.1 Å². The van der Waals surface area contributed by atoms with Crippen LogP contribution >= 0.6 is 34.3 Å². The first-order chi connectivity index (χ1) is 11.0. The van der Waals surface area contributed by atoms with Crippen molar-refractivity contribution < 1.29 is 18.7 Å². The van der Waals surface area contributed by atoms with E-state index in [1.165, 1.54) is 29.5 Å². The van der Waals surface area contributed by atoms with Crippen molar-refractivity contribution in [1.29, 1.82) is 0 Å². The molecule has 0 aliphatic carbocycles. The van der Waals surface area contributed by atoms with Gasteiger partial charge in [-0.15, -0.1) is 22.7 Å². The molecule has 7 heteroatoms. The molecule has 23 heavy (non-hydrogen) atoms. The van der Waals surface area contributed by atoms with Gasteiger partial charge in [0.25, 0.3) is 0 Å². The number of esters is 1. The van der Waals surface area contributed by atoms with Gasteiger partial charge >= 0.3 is 5.97 Å². The highest BCUT2D eigenvalue weighted by atomic mass is 35.5. The molecule has 0 spiro atoms. The topological polar surface area (TPSA) is 43.4 Å². The van der Waals surface area contributed by atoms with Gasteiger partial charge in [0.2, 0.25) is 5.78 Å². The van der Waals surface area contributed by atoms with E-state index in [2.05, 4.69) is 0 Å². The van der Waals surface area contributed by atoms with Crippen LogP contribution in [0.4, 0.5) is 4.39 Å². The Morgan fingerprint density at radius 2 is 2.00 bits per heavy atom. The predicted octanol–water partition coefficient (Wildman–Crippen LogP) is 5.10. The monoisotopic (exact) mass is 368 g/mol. The van der Waals surface area contributed by atoms with E-state index in [1.807, 2.05) is 13.0 Å². The minimum absolute atomic E-state index is 0.169. The van der Waals surface area contributed by atoms with E-state index in [-0.39, 0.29) is 22.3 Å². The van der Waals surface area contributed by atoms with Crippen LogP contribution in [0.15, 0.2) is 30.3 Å². The lowest BCUT2D eigenvalue weighted by molar-refractivity contribution is 0.0481. The van der Waals surface area contributed by atoms with Crippen LogP contribution in [0.1, 0.15) is 24.2 Å². The summed E-state index contributed by atoms with van der Waals surface area (Å²) >= 11 is 8.53. The molecule has 0 N–H and O–H groups in total. The Morgan fingerprint density at radius 3 is 2.70 bits per heavy atom. The van der Waals surface area contributed by atoms with Gasteiger partial charge in [0.15, 0.2) is 6.61 Å². The van der Waals surface area contributed by atoms with Gasteiger partial charge in [-0.25, -0.2) is 9.18 Å². The number of ketones is 1. The highest BCUT2D eigenvalue weighted by molar-refractivity contribution is 7.21. The molecular weight excluding hydrogens is 359 g/mol. The van der Waals surface area contributed by atoms with Crippen molar-refractivity contribution in [2.45, 2.75) is 6.92 Å². The van der Waals surface area contributed by atoms with E-state index in [9.17, 15) is 14.0 Å².